The molecule has 1 aliphatic heterocycles. The van der Waals surface area contributed by atoms with Crippen LogP contribution in [0.4, 0.5) is 0 Å². The monoisotopic (exact) mass is 382 g/mol. The van der Waals surface area contributed by atoms with E-state index in [2.05, 4.69) is 15.5 Å². The molecular weight excluding hydrogens is 360 g/mol. The van der Waals surface area contributed by atoms with Crippen LogP contribution in [0.15, 0.2) is 28.9 Å². The first-order chi connectivity index (χ1) is 13.4. The number of nitrogens with zero attached hydrogens (tertiary/aromatic N) is 2. The molecule has 146 valence electrons. The van der Waals surface area contributed by atoms with Crippen molar-refractivity contribution in [2.45, 2.75) is 39.5 Å². The molecule has 3 heterocycles. The molecule has 3 aromatic rings. The number of hydrogen-bond acceptors (Lipinski definition) is 5. The maximum atomic E-state index is 13.0. The van der Waals surface area contributed by atoms with Crippen LogP contribution < -0.4 is 5.32 Å². The lowest BCUT2D eigenvalue weighted by atomic mass is 10.0. The Hall–Kier alpha value is -3.13. The summed E-state index contributed by atoms with van der Waals surface area (Å²) < 4.78 is 5.45. The van der Waals surface area contributed by atoms with Crippen LogP contribution in [-0.2, 0) is 24.3 Å². The summed E-state index contributed by atoms with van der Waals surface area (Å²) in [7, 11) is 0. The summed E-state index contributed by atoms with van der Waals surface area (Å²) in [5.41, 5.74) is 4.96. The Bertz CT molecular complexity index is 1050. The number of amides is 2. The van der Waals surface area contributed by atoms with Crippen LogP contribution in [0, 0.1) is 6.92 Å². The largest absolute Gasteiger partial charge is 0.464 e. The molecule has 1 atom stereocenters. The molecule has 8 heteroatoms. The number of hydrogen-bond donors (Lipinski definition) is 3. The van der Waals surface area contributed by atoms with Crippen LogP contribution in [-0.4, -0.2) is 44.7 Å². The zero-order valence-electron chi connectivity index (χ0n) is 15.8. The van der Waals surface area contributed by atoms with E-state index in [-0.39, 0.29) is 12.5 Å². The second-order valence-electron chi connectivity index (χ2n) is 7.13. The summed E-state index contributed by atoms with van der Waals surface area (Å²) in [6, 6.07) is 5.47. The highest BCUT2D eigenvalue weighted by Crippen LogP contribution is 2.25. The minimum Gasteiger partial charge on any atom is -0.464 e. The minimum absolute atomic E-state index is 0.0479. The van der Waals surface area contributed by atoms with Gasteiger partial charge in [0.2, 0.25) is 5.91 Å². The van der Waals surface area contributed by atoms with E-state index in [0.717, 1.165) is 27.8 Å². The first kappa shape index (κ1) is 18.2. The molecule has 1 aromatic carbocycles. The molecular formula is C20H22N4O4. The van der Waals surface area contributed by atoms with Crippen molar-refractivity contribution in [1.29, 1.82) is 0 Å². The van der Waals surface area contributed by atoms with Crippen molar-refractivity contribution in [1.82, 2.24) is 20.4 Å². The van der Waals surface area contributed by atoms with E-state index < -0.39 is 12.0 Å². The van der Waals surface area contributed by atoms with Crippen LogP contribution in [0.1, 0.15) is 39.8 Å². The van der Waals surface area contributed by atoms with Gasteiger partial charge in [-0.1, -0.05) is 0 Å². The topological polar surface area (TPSA) is 111 Å². The van der Waals surface area contributed by atoms with Crippen LogP contribution in [0.25, 0.3) is 11.0 Å². The van der Waals surface area contributed by atoms with E-state index in [4.69, 9.17) is 4.42 Å². The van der Waals surface area contributed by atoms with Gasteiger partial charge in [-0.05, 0) is 37.6 Å². The average molecular weight is 382 g/mol. The van der Waals surface area contributed by atoms with Crippen molar-refractivity contribution in [3.8, 4) is 0 Å². The molecule has 0 saturated heterocycles. The molecule has 0 radical (unpaired) electrons. The Kier molecular flexibility index (Phi) is 4.64. The number of aliphatic hydroxyl groups excluding tert-OH is 1. The number of carbonyl (C=O) groups excluding carboxylic acids is 2. The molecule has 2 amide bonds. The van der Waals surface area contributed by atoms with Crippen LogP contribution in [0.2, 0.25) is 0 Å². The molecule has 8 nitrogen and oxygen atoms in total. The maximum Gasteiger partial charge on any atom is 0.254 e. The van der Waals surface area contributed by atoms with Crippen LogP contribution >= 0.6 is 0 Å². The third kappa shape index (κ3) is 3.27. The summed E-state index contributed by atoms with van der Waals surface area (Å²) in [4.78, 5) is 26.4. The van der Waals surface area contributed by atoms with Gasteiger partial charge in [-0.25, -0.2) is 0 Å². The predicted octanol–water partition coefficient (Wildman–Crippen LogP) is 1.66. The molecule has 3 N–H and O–H groups in total. The molecule has 0 fully saturated rings. The third-order valence-corrected chi connectivity index (χ3v) is 5.13. The Morgan fingerprint density at radius 1 is 1.43 bits per heavy atom. The van der Waals surface area contributed by atoms with Crippen molar-refractivity contribution in [2.24, 2.45) is 0 Å². The molecule has 28 heavy (non-hydrogen) atoms. The molecule has 2 aromatic heterocycles. The number of nitrogens with one attached hydrogen (secondary N) is 2. The number of aliphatic hydroxyl groups is 1. The third-order valence-electron chi connectivity index (χ3n) is 5.13. The summed E-state index contributed by atoms with van der Waals surface area (Å²) in [5.74, 6) is -0.502. The second-order valence-corrected chi connectivity index (χ2v) is 7.13. The number of rotatable bonds is 4. The van der Waals surface area contributed by atoms with Crippen molar-refractivity contribution in [2.75, 3.05) is 6.54 Å². The fourth-order valence-electron chi connectivity index (χ4n) is 3.46. The van der Waals surface area contributed by atoms with E-state index >= 15 is 0 Å². The number of furan rings is 1. The number of fused-ring (bicyclic) bond motifs is 2. The van der Waals surface area contributed by atoms with Crippen LogP contribution in [0.3, 0.4) is 0 Å². The number of H-pyrrole nitrogens is 1. The van der Waals surface area contributed by atoms with E-state index in [1.165, 1.54) is 6.92 Å². The standard InChI is InChI=1S/C20H22N4O4/c1-11-10-28-18-4-3-13(7-14(11)18)20(27)24-6-5-16-15(9-24)17(23-22-16)8-21-19(26)12(2)25/h3-4,7,10,12,25H,5-6,8-9H2,1-2H3,(H,21,26)(H,22,23). The average Bonchev–Trinajstić information content (AvgIpc) is 3.28. The summed E-state index contributed by atoms with van der Waals surface area (Å²) >= 11 is 0. The zero-order chi connectivity index (χ0) is 19.8. The number of carbonyl (C=O) groups is 2. The van der Waals surface area contributed by atoms with Gasteiger partial charge in [0.15, 0.2) is 0 Å². The normalized spacial score (nSPS) is 14.8. The fraction of sp³-hybridized carbons (Fsp3) is 0.350. The molecule has 0 spiro atoms. The Morgan fingerprint density at radius 2 is 2.25 bits per heavy atom. The van der Waals surface area contributed by atoms with Crippen molar-refractivity contribution < 1.29 is 19.1 Å². The Balaban J connectivity index is 1.52. The molecule has 0 saturated carbocycles. The molecule has 1 unspecified atom stereocenters. The lowest BCUT2D eigenvalue weighted by Crippen LogP contribution is -2.37. The van der Waals surface area contributed by atoms with E-state index in [9.17, 15) is 14.7 Å². The molecule has 4 rings (SSSR count). The lowest BCUT2D eigenvalue weighted by Gasteiger charge is -2.27. The van der Waals surface area contributed by atoms with Gasteiger partial charge in [-0.3, -0.25) is 14.7 Å². The van der Waals surface area contributed by atoms with Crippen molar-refractivity contribution in [3.05, 3.63) is 52.5 Å². The minimum atomic E-state index is -1.07. The second kappa shape index (κ2) is 7.12. The van der Waals surface area contributed by atoms with Crippen molar-refractivity contribution in [3.63, 3.8) is 0 Å². The van der Waals surface area contributed by atoms with E-state index in [1.54, 1.807) is 17.2 Å². The van der Waals surface area contributed by atoms with Gasteiger partial charge >= 0.3 is 0 Å². The first-order valence-corrected chi connectivity index (χ1v) is 9.22. The smallest absolute Gasteiger partial charge is 0.254 e. The van der Waals surface area contributed by atoms with Crippen molar-refractivity contribution >= 4 is 22.8 Å². The highest BCUT2D eigenvalue weighted by molar-refractivity contribution is 5.98. The maximum absolute atomic E-state index is 13.0. The SMILES string of the molecule is Cc1coc2ccc(C(=O)N3CCc4[nH]nc(CNC(=O)C(C)O)c4C3)cc12. The Morgan fingerprint density at radius 3 is 3.04 bits per heavy atom. The van der Waals surface area contributed by atoms with Gasteiger partial charge in [0, 0.05) is 41.7 Å². The number of benzene rings is 1. The van der Waals surface area contributed by atoms with Gasteiger partial charge in [-0.2, -0.15) is 5.10 Å². The van der Waals surface area contributed by atoms with Gasteiger partial charge in [0.05, 0.1) is 18.5 Å². The predicted molar refractivity (Wildman–Crippen MR) is 102 cm³/mol. The Labute approximate surface area is 161 Å². The van der Waals surface area contributed by atoms with Gasteiger partial charge < -0.3 is 19.7 Å². The zero-order valence-corrected chi connectivity index (χ0v) is 15.8. The summed E-state index contributed by atoms with van der Waals surface area (Å²) in [5, 5.41) is 20.2. The number of aryl methyl sites for hydroxylation is 1. The molecule has 1 aliphatic rings. The summed E-state index contributed by atoms with van der Waals surface area (Å²) in [6.45, 7) is 4.58. The van der Waals surface area contributed by atoms with E-state index in [0.29, 0.717) is 30.8 Å². The molecule has 0 aliphatic carbocycles. The van der Waals surface area contributed by atoms with Crippen LogP contribution in [0.5, 0.6) is 0 Å². The van der Waals surface area contributed by atoms with Gasteiger partial charge in [-0.15, -0.1) is 0 Å². The quantitative estimate of drug-likeness (QED) is 0.635. The van der Waals surface area contributed by atoms with Gasteiger partial charge in [0.25, 0.3) is 5.91 Å². The van der Waals surface area contributed by atoms with Gasteiger partial charge in [0.1, 0.15) is 11.7 Å². The van der Waals surface area contributed by atoms with E-state index in [1.807, 2.05) is 19.1 Å². The number of aromatic amines is 1. The first-order valence-electron chi connectivity index (χ1n) is 9.22. The summed E-state index contributed by atoms with van der Waals surface area (Å²) in [6.07, 6.45) is 1.28. The number of aromatic nitrogens is 2. The highest BCUT2D eigenvalue weighted by Gasteiger charge is 2.26. The lowest BCUT2D eigenvalue weighted by molar-refractivity contribution is -0.128. The highest BCUT2D eigenvalue weighted by atomic mass is 16.3. The fourth-order valence-corrected chi connectivity index (χ4v) is 3.46. The molecule has 0 bridgehead atoms.